The first-order valence-corrected chi connectivity index (χ1v) is 6.24. The molecule has 0 saturated carbocycles. The van der Waals surface area contributed by atoms with Crippen LogP contribution in [-0.2, 0) is 4.79 Å². The number of benzene rings is 2. The van der Waals surface area contributed by atoms with Crippen molar-refractivity contribution in [1.82, 2.24) is 5.32 Å². The third kappa shape index (κ3) is 3.36. The van der Waals surface area contributed by atoms with Crippen molar-refractivity contribution in [3.8, 4) is 0 Å². The summed E-state index contributed by atoms with van der Waals surface area (Å²) in [4.78, 5) is 11.3. The second-order valence-electron chi connectivity index (χ2n) is 4.47. The van der Waals surface area contributed by atoms with E-state index in [9.17, 15) is 4.79 Å². The lowest BCUT2D eigenvalue weighted by Gasteiger charge is -2.21. The Morgan fingerprint density at radius 3 is 1.89 bits per heavy atom. The van der Waals surface area contributed by atoms with Gasteiger partial charge in [-0.3, -0.25) is 0 Å². The van der Waals surface area contributed by atoms with Crippen molar-refractivity contribution in [2.75, 3.05) is 0 Å². The molecule has 3 heteroatoms. The lowest BCUT2D eigenvalue weighted by molar-refractivity contribution is -0.434. The van der Waals surface area contributed by atoms with Gasteiger partial charge in [0, 0.05) is 5.56 Å². The maximum absolute atomic E-state index is 11.3. The van der Waals surface area contributed by atoms with Crippen molar-refractivity contribution >= 4 is 5.91 Å². The minimum atomic E-state index is -0.293. The van der Waals surface area contributed by atoms with Crippen molar-refractivity contribution < 1.29 is 10.5 Å². The highest BCUT2D eigenvalue weighted by molar-refractivity contribution is 5.80. The second-order valence-corrected chi connectivity index (χ2v) is 4.47. The van der Waals surface area contributed by atoms with E-state index >= 15 is 0 Å². The zero-order chi connectivity index (χ0) is 13.7. The highest BCUT2D eigenvalue weighted by Crippen LogP contribution is 2.25. The van der Waals surface area contributed by atoms with Crippen LogP contribution in [0.2, 0.25) is 0 Å². The summed E-state index contributed by atoms with van der Waals surface area (Å²) < 4.78 is 0. The van der Waals surface area contributed by atoms with Gasteiger partial charge in [0.2, 0.25) is 0 Å². The van der Waals surface area contributed by atoms with Gasteiger partial charge in [0.1, 0.15) is 12.1 Å². The number of rotatable bonds is 4. The largest absolute Gasteiger partial charge is 0.399 e. The summed E-state index contributed by atoms with van der Waals surface area (Å²) in [5.41, 5.74) is 6.31. The number of amides is 1. The Hall–Kier alpha value is -2.26. The van der Waals surface area contributed by atoms with Crippen LogP contribution in [0.1, 0.15) is 23.2 Å². The minimum Gasteiger partial charge on any atom is -0.349 e. The summed E-state index contributed by atoms with van der Waals surface area (Å²) in [6.07, 6.45) is 0. The summed E-state index contributed by atoms with van der Waals surface area (Å²) in [7, 11) is 0. The minimum absolute atomic E-state index is 0.0608. The van der Waals surface area contributed by atoms with Crippen molar-refractivity contribution in [1.29, 1.82) is 0 Å². The van der Waals surface area contributed by atoms with E-state index in [-0.39, 0.29) is 18.0 Å². The predicted octanol–water partition coefficient (Wildman–Crippen LogP) is 1.66. The summed E-state index contributed by atoms with van der Waals surface area (Å²) >= 11 is 0. The van der Waals surface area contributed by atoms with Gasteiger partial charge in [-0.15, -0.1) is 0 Å². The van der Waals surface area contributed by atoms with E-state index in [2.05, 4.69) is 18.0 Å². The lowest BCUT2D eigenvalue weighted by Crippen LogP contribution is -2.59. The van der Waals surface area contributed by atoms with Crippen LogP contribution in [0.3, 0.4) is 0 Å². The van der Waals surface area contributed by atoms with E-state index < -0.39 is 0 Å². The van der Waals surface area contributed by atoms with Gasteiger partial charge in [-0.1, -0.05) is 60.7 Å². The maximum atomic E-state index is 11.3. The Morgan fingerprint density at radius 2 is 1.42 bits per heavy atom. The first-order chi connectivity index (χ1) is 9.18. The average molecular weight is 254 g/mol. The third-order valence-corrected chi connectivity index (χ3v) is 3.11. The van der Waals surface area contributed by atoms with Crippen molar-refractivity contribution in [3.05, 3.63) is 78.7 Å². The van der Waals surface area contributed by atoms with Crippen LogP contribution < -0.4 is 11.1 Å². The molecule has 0 saturated heterocycles. The van der Waals surface area contributed by atoms with Gasteiger partial charge in [0.05, 0.1) is 0 Å². The fraction of sp³-hybridized carbons (Fsp3) is 0.125. The molecule has 3 nitrogen and oxygen atoms in total. The summed E-state index contributed by atoms with van der Waals surface area (Å²) in [5, 5.41) is 2.88. The third-order valence-electron chi connectivity index (χ3n) is 3.11. The summed E-state index contributed by atoms with van der Waals surface area (Å²) in [5.74, 6) is -0.293. The smallest absolute Gasteiger partial charge is 0.349 e. The van der Waals surface area contributed by atoms with Gasteiger partial charge in [-0.25, -0.2) is 4.79 Å². The molecule has 19 heavy (non-hydrogen) atoms. The molecule has 0 spiro atoms. The van der Waals surface area contributed by atoms with Crippen molar-refractivity contribution in [2.24, 2.45) is 0 Å². The summed E-state index contributed by atoms with van der Waals surface area (Å²) in [6.45, 7) is 3.40. The number of quaternary nitrogens is 1. The molecular weight excluding hydrogens is 236 g/mol. The van der Waals surface area contributed by atoms with Crippen molar-refractivity contribution in [3.63, 3.8) is 0 Å². The van der Waals surface area contributed by atoms with E-state index in [1.807, 2.05) is 60.7 Å². The molecule has 2 aromatic rings. The monoisotopic (exact) mass is 254 g/mol. The molecule has 0 aliphatic rings. The normalized spacial score (nSPS) is 13.5. The molecule has 96 valence electrons. The van der Waals surface area contributed by atoms with Gasteiger partial charge < -0.3 is 11.1 Å². The lowest BCUT2D eigenvalue weighted by atomic mass is 9.94. The summed E-state index contributed by atoms with van der Waals surface area (Å²) in [6, 6.07) is 19.5. The van der Waals surface area contributed by atoms with Gasteiger partial charge in [-0.2, -0.15) is 0 Å². The average Bonchev–Trinajstić information content (AvgIpc) is 2.46. The fourth-order valence-corrected chi connectivity index (χ4v) is 2.14. The Balaban J connectivity index is 2.30. The molecule has 2 unspecified atom stereocenters. The first kappa shape index (κ1) is 13.2. The van der Waals surface area contributed by atoms with Crippen LogP contribution >= 0.6 is 0 Å². The molecule has 0 fully saturated rings. The molecule has 2 atom stereocenters. The maximum Gasteiger partial charge on any atom is 0.399 e. The van der Waals surface area contributed by atoms with Crippen LogP contribution in [0.15, 0.2) is 60.7 Å². The predicted molar refractivity (Wildman–Crippen MR) is 74.8 cm³/mol. The van der Waals surface area contributed by atoms with Crippen LogP contribution in [0.25, 0.3) is 0 Å². The van der Waals surface area contributed by atoms with E-state index in [0.29, 0.717) is 0 Å². The molecule has 0 aromatic heterocycles. The molecule has 0 aliphatic heterocycles. The van der Waals surface area contributed by atoms with Crippen molar-refractivity contribution in [2.45, 2.75) is 12.1 Å². The topological polar surface area (TPSA) is 56.7 Å². The number of nitrogens with one attached hydrogen (secondary N) is 1. The fourth-order valence-electron chi connectivity index (χ4n) is 2.14. The van der Waals surface area contributed by atoms with Crippen LogP contribution in [0.5, 0.6) is 0 Å². The highest BCUT2D eigenvalue weighted by Gasteiger charge is 2.26. The molecule has 2 aromatic carbocycles. The Bertz CT molecular complexity index is 525. The van der Waals surface area contributed by atoms with E-state index in [1.165, 1.54) is 0 Å². The zero-order valence-corrected chi connectivity index (χ0v) is 10.8. The molecule has 0 aliphatic carbocycles. The van der Waals surface area contributed by atoms with Gasteiger partial charge in [-0.05, 0) is 5.56 Å². The van der Waals surface area contributed by atoms with Crippen LogP contribution in [0.4, 0.5) is 0 Å². The molecule has 0 bridgehead atoms. The van der Waals surface area contributed by atoms with E-state index in [1.54, 1.807) is 0 Å². The molecule has 1 amide bonds. The Morgan fingerprint density at radius 1 is 0.947 bits per heavy atom. The Kier molecular flexibility index (Phi) is 4.21. The molecule has 0 radical (unpaired) electrons. The zero-order valence-electron chi connectivity index (χ0n) is 10.8. The number of hydrogen-bond acceptors (Lipinski definition) is 1. The molecule has 2 rings (SSSR count). The number of carbonyl (C=O) groups is 1. The van der Waals surface area contributed by atoms with Gasteiger partial charge >= 0.3 is 5.91 Å². The van der Waals surface area contributed by atoms with Crippen LogP contribution in [-0.4, -0.2) is 5.91 Å². The SMILES string of the molecule is [CH2+]C(=O)NC(c1ccccc1)C([NH3+])c1ccccc1. The second kappa shape index (κ2) is 6.07. The standard InChI is InChI=1S/C16H16N2O/c1-12(19)18-16(14-10-6-3-7-11-14)15(17)13-8-4-2-5-9-13/h2-11,15-16H,1,17H2/p+2. The number of hydrogen-bond donors (Lipinski definition) is 2. The highest BCUT2D eigenvalue weighted by atomic mass is 16.1. The van der Waals surface area contributed by atoms with E-state index in [0.717, 1.165) is 11.1 Å². The molecular formula is C16H18N2O+2. The molecule has 0 heterocycles. The number of carbonyl (C=O) groups excluding carboxylic acids is 1. The van der Waals surface area contributed by atoms with E-state index in [4.69, 9.17) is 0 Å². The quantitative estimate of drug-likeness (QED) is 0.801. The van der Waals surface area contributed by atoms with Gasteiger partial charge in [0.15, 0.2) is 6.92 Å². The van der Waals surface area contributed by atoms with Crippen LogP contribution in [0, 0.1) is 6.92 Å². The molecule has 4 N–H and O–H groups in total. The van der Waals surface area contributed by atoms with Gasteiger partial charge in [0.25, 0.3) is 0 Å². The Labute approximate surface area is 113 Å². The first-order valence-electron chi connectivity index (χ1n) is 6.24.